The summed E-state index contributed by atoms with van der Waals surface area (Å²) >= 11 is 0. The maximum Gasteiger partial charge on any atom is 0.191 e. The Labute approximate surface area is 175 Å². The van der Waals surface area contributed by atoms with E-state index in [-0.39, 0.29) is 41.1 Å². The Morgan fingerprint density at radius 3 is 2.38 bits per heavy atom. The number of hydrogen-bond donors (Lipinski definition) is 2. The Bertz CT molecular complexity index is 700. The summed E-state index contributed by atoms with van der Waals surface area (Å²) in [6.45, 7) is 7.97. The van der Waals surface area contributed by atoms with Crippen LogP contribution in [0.5, 0.6) is 0 Å². The number of aliphatic imine (C=N–C) groups is 1. The van der Waals surface area contributed by atoms with Gasteiger partial charge >= 0.3 is 0 Å². The third kappa shape index (κ3) is 6.72. The number of rotatable bonds is 6. The fraction of sp³-hybridized carbons (Fsp3) is 0.632. The van der Waals surface area contributed by atoms with Crippen LogP contribution in [0.25, 0.3) is 0 Å². The van der Waals surface area contributed by atoms with Gasteiger partial charge in [0, 0.05) is 25.6 Å². The van der Waals surface area contributed by atoms with E-state index >= 15 is 0 Å². The molecular formula is C19H32IN3O2S. The van der Waals surface area contributed by atoms with Crippen LogP contribution < -0.4 is 10.6 Å². The Kier molecular flexibility index (Phi) is 8.85. The van der Waals surface area contributed by atoms with Gasteiger partial charge in [-0.15, -0.1) is 24.0 Å². The van der Waals surface area contributed by atoms with Crippen LogP contribution in [0, 0.1) is 5.92 Å². The molecular weight excluding hydrogens is 461 g/mol. The molecule has 0 spiro atoms. The molecule has 0 saturated carbocycles. The van der Waals surface area contributed by atoms with Crippen molar-refractivity contribution in [1.82, 2.24) is 10.6 Å². The number of halogens is 1. The largest absolute Gasteiger partial charge is 0.356 e. The predicted octanol–water partition coefficient (Wildman–Crippen LogP) is 2.74. The van der Waals surface area contributed by atoms with Gasteiger partial charge in [0.15, 0.2) is 15.8 Å². The van der Waals surface area contributed by atoms with Crippen LogP contribution >= 0.6 is 24.0 Å². The molecule has 1 aromatic carbocycles. The highest BCUT2D eigenvalue weighted by Gasteiger charge is 2.28. The van der Waals surface area contributed by atoms with Gasteiger partial charge < -0.3 is 10.6 Å². The maximum absolute atomic E-state index is 11.5. The minimum atomic E-state index is -2.83. The first-order chi connectivity index (χ1) is 11.8. The summed E-state index contributed by atoms with van der Waals surface area (Å²) in [5.41, 5.74) is 2.60. The average molecular weight is 493 g/mol. The Morgan fingerprint density at radius 2 is 1.88 bits per heavy atom. The van der Waals surface area contributed by atoms with E-state index in [1.807, 2.05) is 0 Å². The van der Waals surface area contributed by atoms with Crippen molar-refractivity contribution < 1.29 is 8.42 Å². The van der Waals surface area contributed by atoms with Crippen LogP contribution in [0.3, 0.4) is 0 Å². The summed E-state index contributed by atoms with van der Waals surface area (Å²) in [6, 6.07) is 8.76. The van der Waals surface area contributed by atoms with Crippen LogP contribution in [-0.2, 0) is 21.7 Å². The summed E-state index contributed by atoms with van der Waals surface area (Å²) < 4.78 is 23.1. The van der Waals surface area contributed by atoms with E-state index < -0.39 is 9.84 Å². The van der Waals surface area contributed by atoms with Gasteiger partial charge in [-0.3, -0.25) is 4.99 Å². The Balaban J connectivity index is 0.00000338. The second-order valence-corrected chi connectivity index (χ2v) is 9.74. The molecule has 0 radical (unpaired) electrons. The molecule has 7 heteroatoms. The molecule has 1 unspecified atom stereocenters. The summed E-state index contributed by atoms with van der Waals surface area (Å²) in [6.07, 6.45) is 1.79. The van der Waals surface area contributed by atoms with Crippen LogP contribution in [0.4, 0.5) is 0 Å². The van der Waals surface area contributed by atoms with E-state index in [4.69, 9.17) is 0 Å². The van der Waals surface area contributed by atoms with Crippen LogP contribution in [0.15, 0.2) is 29.3 Å². The molecule has 1 aliphatic rings. The number of nitrogens with one attached hydrogen (secondary N) is 2. The lowest BCUT2D eigenvalue weighted by atomic mass is 9.84. The number of guanidine groups is 1. The van der Waals surface area contributed by atoms with Crippen molar-refractivity contribution in [2.24, 2.45) is 10.9 Å². The minimum Gasteiger partial charge on any atom is -0.356 e. The van der Waals surface area contributed by atoms with Crippen molar-refractivity contribution >= 4 is 39.8 Å². The molecule has 2 rings (SSSR count). The van der Waals surface area contributed by atoms with Gasteiger partial charge in [-0.25, -0.2) is 8.42 Å². The molecule has 1 fully saturated rings. The van der Waals surface area contributed by atoms with Crippen molar-refractivity contribution in [3.05, 3.63) is 35.4 Å². The lowest BCUT2D eigenvalue weighted by molar-refractivity contribution is 0.503. The minimum absolute atomic E-state index is 0. The average Bonchev–Trinajstić information content (AvgIpc) is 2.94. The maximum atomic E-state index is 11.5. The van der Waals surface area contributed by atoms with Crippen molar-refractivity contribution in [3.63, 3.8) is 0 Å². The standard InChI is InChI=1S/C19H31N3O2S.HI/c1-5-15-6-8-17(9-7-15)19(2,3)14-22-18(20-4)21-12-16-10-11-25(23,24)13-16;/h6-9,16H,5,10-14H2,1-4H3,(H2,20,21,22);1H. The fourth-order valence-corrected chi connectivity index (χ4v) is 4.95. The topological polar surface area (TPSA) is 70.6 Å². The van der Waals surface area contributed by atoms with Gasteiger partial charge in [-0.1, -0.05) is 45.0 Å². The van der Waals surface area contributed by atoms with Crippen LogP contribution in [-0.4, -0.2) is 46.0 Å². The SMILES string of the molecule is CCc1ccc(C(C)(C)CNC(=NC)NCC2CCS(=O)(=O)C2)cc1.I. The van der Waals surface area contributed by atoms with Crippen molar-refractivity contribution in [3.8, 4) is 0 Å². The number of hydrogen-bond acceptors (Lipinski definition) is 3. The molecule has 1 heterocycles. The molecule has 1 saturated heterocycles. The van der Waals surface area contributed by atoms with E-state index in [1.54, 1.807) is 7.05 Å². The van der Waals surface area contributed by atoms with E-state index in [0.29, 0.717) is 12.3 Å². The molecule has 26 heavy (non-hydrogen) atoms. The molecule has 0 bridgehead atoms. The second kappa shape index (κ2) is 9.92. The zero-order valence-corrected chi connectivity index (χ0v) is 19.4. The van der Waals surface area contributed by atoms with Crippen molar-refractivity contribution in [2.75, 3.05) is 31.6 Å². The molecule has 2 N–H and O–H groups in total. The fourth-order valence-electron chi connectivity index (χ4n) is 3.09. The molecule has 0 amide bonds. The van der Waals surface area contributed by atoms with Crippen LogP contribution in [0.2, 0.25) is 0 Å². The first kappa shape index (κ1) is 23.2. The zero-order chi connectivity index (χ0) is 18.5. The van der Waals surface area contributed by atoms with Crippen LogP contribution in [0.1, 0.15) is 38.3 Å². The normalized spacial score (nSPS) is 19.7. The quantitative estimate of drug-likeness (QED) is 0.363. The monoisotopic (exact) mass is 493 g/mol. The lowest BCUT2D eigenvalue weighted by Crippen LogP contribution is -2.44. The molecule has 1 atom stereocenters. The lowest BCUT2D eigenvalue weighted by Gasteiger charge is -2.27. The molecule has 0 aliphatic carbocycles. The van der Waals surface area contributed by atoms with Gasteiger partial charge in [-0.05, 0) is 29.9 Å². The number of sulfone groups is 1. The van der Waals surface area contributed by atoms with Crippen molar-refractivity contribution in [2.45, 2.75) is 39.0 Å². The molecule has 0 aromatic heterocycles. The summed E-state index contributed by atoms with van der Waals surface area (Å²) in [5.74, 6) is 1.50. The molecule has 1 aromatic rings. The first-order valence-electron chi connectivity index (χ1n) is 9.00. The highest BCUT2D eigenvalue weighted by atomic mass is 127. The highest BCUT2D eigenvalue weighted by molar-refractivity contribution is 14.0. The predicted molar refractivity (Wildman–Crippen MR) is 120 cm³/mol. The third-order valence-corrected chi connectivity index (χ3v) is 6.79. The third-order valence-electron chi connectivity index (χ3n) is 4.95. The van der Waals surface area contributed by atoms with Gasteiger partial charge in [0.05, 0.1) is 11.5 Å². The van der Waals surface area contributed by atoms with Gasteiger partial charge in [0.25, 0.3) is 0 Å². The van der Waals surface area contributed by atoms with Gasteiger partial charge in [0.2, 0.25) is 0 Å². The first-order valence-corrected chi connectivity index (χ1v) is 10.8. The highest BCUT2D eigenvalue weighted by Crippen LogP contribution is 2.23. The van der Waals surface area contributed by atoms with E-state index in [1.165, 1.54) is 11.1 Å². The smallest absolute Gasteiger partial charge is 0.191 e. The van der Waals surface area contributed by atoms with Gasteiger partial charge in [0.1, 0.15) is 0 Å². The molecule has 1 aliphatic heterocycles. The number of benzene rings is 1. The second-order valence-electron chi connectivity index (χ2n) is 7.51. The van der Waals surface area contributed by atoms with Gasteiger partial charge in [-0.2, -0.15) is 0 Å². The summed E-state index contributed by atoms with van der Waals surface area (Å²) in [4.78, 5) is 4.25. The molecule has 5 nitrogen and oxygen atoms in total. The molecule has 148 valence electrons. The zero-order valence-electron chi connectivity index (χ0n) is 16.2. The Morgan fingerprint density at radius 1 is 1.23 bits per heavy atom. The summed E-state index contributed by atoms with van der Waals surface area (Å²) in [7, 11) is -1.09. The van der Waals surface area contributed by atoms with E-state index in [2.05, 4.69) is 60.7 Å². The Hall–Kier alpha value is -0.830. The number of nitrogens with zero attached hydrogens (tertiary/aromatic N) is 1. The van der Waals surface area contributed by atoms with E-state index in [0.717, 1.165) is 25.3 Å². The summed E-state index contributed by atoms with van der Waals surface area (Å²) in [5, 5.41) is 6.64. The van der Waals surface area contributed by atoms with Crippen molar-refractivity contribution in [1.29, 1.82) is 0 Å². The van der Waals surface area contributed by atoms with E-state index in [9.17, 15) is 8.42 Å². The number of aryl methyl sites for hydroxylation is 1.